The van der Waals surface area contributed by atoms with Crippen LogP contribution in [0.2, 0.25) is 0 Å². The van der Waals surface area contributed by atoms with Gasteiger partial charge in [0.2, 0.25) is 12.7 Å². The summed E-state index contributed by atoms with van der Waals surface area (Å²) >= 11 is 1.13. The van der Waals surface area contributed by atoms with Gasteiger partial charge in [0.25, 0.3) is 0 Å². The molecule has 2 aromatic rings. The number of carbonyl (C=O) groups excluding carboxylic acids is 1. The Hall–Kier alpha value is -2.54. The quantitative estimate of drug-likeness (QED) is 0.513. The number of rotatable bonds is 5. The fourth-order valence-electron chi connectivity index (χ4n) is 2.07. The van der Waals surface area contributed by atoms with E-state index in [1.54, 1.807) is 37.3 Å². The van der Waals surface area contributed by atoms with Gasteiger partial charge in [-0.3, -0.25) is 4.79 Å². The minimum absolute atomic E-state index is 0.0822. The summed E-state index contributed by atoms with van der Waals surface area (Å²) in [5.41, 5.74) is 3.93. The summed E-state index contributed by atoms with van der Waals surface area (Å²) in [7, 11) is 0. The lowest BCUT2D eigenvalue weighted by molar-refractivity contribution is -0.118. The third-order valence-electron chi connectivity index (χ3n) is 3.33. The van der Waals surface area contributed by atoms with Gasteiger partial charge in [0.1, 0.15) is 5.82 Å². The van der Waals surface area contributed by atoms with Crippen molar-refractivity contribution in [3.63, 3.8) is 0 Å². The van der Waals surface area contributed by atoms with Crippen LogP contribution >= 0.6 is 11.8 Å². The molecule has 1 aliphatic rings. The molecule has 0 saturated heterocycles. The van der Waals surface area contributed by atoms with Crippen LogP contribution in [0.1, 0.15) is 12.5 Å². The molecule has 7 heteroatoms. The van der Waals surface area contributed by atoms with Crippen LogP contribution in [-0.4, -0.2) is 24.2 Å². The summed E-state index contributed by atoms with van der Waals surface area (Å²) in [6, 6.07) is 11.8. The van der Waals surface area contributed by atoms with Crippen LogP contribution in [0.25, 0.3) is 0 Å². The zero-order valence-electron chi connectivity index (χ0n) is 12.9. The van der Waals surface area contributed by atoms with Gasteiger partial charge in [-0.25, -0.2) is 9.82 Å². The molecule has 0 unspecified atom stereocenters. The van der Waals surface area contributed by atoms with E-state index in [9.17, 15) is 9.18 Å². The minimum atomic E-state index is -0.338. The van der Waals surface area contributed by atoms with Crippen LogP contribution in [-0.2, 0) is 4.79 Å². The first-order chi connectivity index (χ1) is 11.6. The summed E-state index contributed by atoms with van der Waals surface area (Å²) in [5, 5.41) is 4.07. The molecule has 1 aliphatic heterocycles. The summed E-state index contributed by atoms with van der Waals surface area (Å²) < 4.78 is 24.0. The maximum atomic E-state index is 13.5. The molecule has 0 fully saturated rings. The number of hydrogen-bond acceptors (Lipinski definition) is 5. The first-order valence-corrected chi connectivity index (χ1v) is 8.22. The average Bonchev–Trinajstić information content (AvgIpc) is 3.06. The van der Waals surface area contributed by atoms with Gasteiger partial charge in [0, 0.05) is 10.5 Å². The highest BCUT2D eigenvalue weighted by Crippen LogP contribution is 2.32. The Morgan fingerprint density at radius 1 is 1.25 bits per heavy atom. The molecule has 0 radical (unpaired) electrons. The van der Waals surface area contributed by atoms with E-state index in [0.717, 1.165) is 17.3 Å². The molecule has 5 nitrogen and oxygen atoms in total. The van der Waals surface area contributed by atoms with E-state index in [-0.39, 0.29) is 24.3 Å². The number of hydrogen-bond donors (Lipinski definition) is 1. The highest BCUT2D eigenvalue weighted by Gasteiger charge is 2.14. The predicted octanol–water partition coefficient (Wildman–Crippen LogP) is 3.19. The molecule has 1 amide bonds. The first kappa shape index (κ1) is 16.3. The van der Waals surface area contributed by atoms with Crippen molar-refractivity contribution in [2.24, 2.45) is 5.10 Å². The lowest BCUT2D eigenvalue weighted by atomic mass is 10.1. The smallest absolute Gasteiger partial charge is 0.250 e. The molecule has 0 atom stereocenters. The van der Waals surface area contributed by atoms with Gasteiger partial charge < -0.3 is 9.47 Å². The Kier molecular flexibility index (Phi) is 5.00. The SMILES string of the molecule is C/C(=N/NC(=O)CSc1ccccc1F)c1ccc2c(c1)OCO2. The van der Waals surface area contributed by atoms with Crippen molar-refractivity contribution in [1.82, 2.24) is 5.43 Å². The molecular formula is C17H15FN2O3S. The monoisotopic (exact) mass is 346 g/mol. The number of amides is 1. The number of thioether (sulfide) groups is 1. The fourth-order valence-corrected chi connectivity index (χ4v) is 2.80. The molecule has 1 heterocycles. The summed E-state index contributed by atoms with van der Waals surface area (Å²) in [6.45, 7) is 1.99. The molecule has 0 saturated carbocycles. The van der Waals surface area contributed by atoms with Crippen LogP contribution in [0.3, 0.4) is 0 Å². The molecule has 0 spiro atoms. The third kappa shape index (κ3) is 3.86. The van der Waals surface area contributed by atoms with Gasteiger partial charge in [-0.15, -0.1) is 11.8 Å². The molecular weight excluding hydrogens is 331 g/mol. The Balaban J connectivity index is 1.56. The normalized spacial score (nSPS) is 13.0. The van der Waals surface area contributed by atoms with Gasteiger partial charge in [-0.05, 0) is 37.3 Å². The zero-order chi connectivity index (χ0) is 16.9. The van der Waals surface area contributed by atoms with Crippen molar-refractivity contribution in [2.45, 2.75) is 11.8 Å². The highest BCUT2D eigenvalue weighted by molar-refractivity contribution is 8.00. The number of nitrogens with zero attached hydrogens (tertiary/aromatic N) is 1. The number of benzene rings is 2. The van der Waals surface area contributed by atoms with Crippen LogP contribution in [0, 0.1) is 5.82 Å². The van der Waals surface area contributed by atoms with E-state index in [2.05, 4.69) is 10.5 Å². The van der Waals surface area contributed by atoms with E-state index < -0.39 is 0 Å². The maximum absolute atomic E-state index is 13.5. The highest BCUT2D eigenvalue weighted by atomic mass is 32.2. The van der Waals surface area contributed by atoms with E-state index >= 15 is 0 Å². The lowest BCUT2D eigenvalue weighted by Gasteiger charge is -2.05. The van der Waals surface area contributed by atoms with Crippen LogP contribution in [0.4, 0.5) is 4.39 Å². The number of hydrazone groups is 1. The van der Waals surface area contributed by atoms with Crippen molar-refractivity contribution in [3.05, 3.63) is 53.8 Å². The Morgan fingerprint density at radius 3 is 2.88 bits per heavy atom. The second-order valence-corrected chi connectivity index (χ2v) is 6.04. The fraction of sp³-hybridized carbons (Fsp3) is 0.176. The van der Waals surface area contributed by atoms with Gasteiger partial charge in [-0.2, -0.15) is 5.10 Å². The largest absolute Gasteiger partial charge is 0.454 e. The third-order valence-corrected chi connectivity index (χ3v) is 4.38. The van der Waals surface area contributed by atoms with Gasteiger partial charge >= 0.3 is 0 Å². The maximum Gasteiger partial charge on any atom is 0.250 e. The number of nitrogens with one attached hydrogen (secondary N) is 1. The molecule has 124 valence electrons. The Bertz CT molecular complexity index is 795. The standard InChI is InChI=1S/C17H15FN2O3S/c1-11(12-6-7-14-15(8-12)23-10-22-14)19-20-17(21)9-24-16-5-3-2-4-13(16)18/h2-8H,9-10H2,1H3,(H,20,21)/b19-11-. The van der Waals surface area contributed by atoms with E-state index in [1.807, 2.05) is 6.07 Å². The zero-order valence-corrected chi connectivity index (χ0v) is 13.7. The van der Waals surface area contributed by atoms with Crippen molar-refractivity contribution < 1.29 is 18.7 Å². The predicted molar refractivity (Wildman–Crippen MR) is 90.0 cm³/mol. The second kappa shape index (κ2) is 7.35. The minimum Gasteiger partial charge on any atom is -0.454 e. The molecule has 0 bridgehead atoms. The first-order valence-electron chi connectivity index (χ1n) is 7.24. The molecule has 0 aromatic heterocycles. The Labute approximate surface area is 142 Å². The van der Waals surface area contributed by atoms with Crippen molar-refractivity contribution in [3.8, 4) is 11.5 Å². The van der Waals surface area contributed by atoms with E-state index in [0.29, 0.717) is 22.1 Å². The van der Waals surface area contributed by atoms with Crippen molar-refractivity contribution in [1.29, 1.82) is 0 Å². The Morgan fingerprint density at radius 2 is 2.04 bits per heavy atom. The van der Waals surface area contributed by atoms with Gasteiger partial charge in [-0.1, -0.05) is 12.1 Å². The van der Waals surface area contributed by atoms with Crippen LogP contribution in [0.5, 0.6) is 11.5 Å². The molecule has 0 aliphatic carbocycles. The lowest BCUT2D eigenvalue weighted by Crippen LogP contribution is -2.21. The number of ether oxygens (including phenoxy) is 2. The summed E-state index contributed by atoms with van der Waals surface area (Å²) in [5.74, 6) is 0.790. The second-order valence-electron chi connectivity index (χ2n) is 5.02. The van der Waals surface area contributed by atoms with Gasteiger partial charge in [0.15, 0.2) is 11.5 Å². The topological polar surface area (TPSA) is 59.9 Å². The summed E-state index contributed by atoms with van der Waals surface area (Å²) in [4.78, 5) is 12.3. The van der Waals surface area contributed by atoms with Crippen molar-refractivity contribution in [2.75, 3.05) is 12.5 Å². The number of halogens is 1. The van der Waals surface area contributed by atoms with E-state index in [4.69, 9.17) is 9.47 Å². The van der Waals surface area contributed by atoms with Crippen molar-refractivity contribution >= 4 is 23.4 Å². The molecule has 24 heavy (non-hydrogen) atoms. The molecule has 3 rings (SSSR count). The summed E-state index contributed by atoms with van der Waals surface area (Å²) in [6.07, 6.45) is 0. The van der Waals surface area contributed by atoms with E-state index in [1.165, 1.54) is 6.07 Å². The number of fused-ring (bicyclic) bond motifs is 1. The average molecular weight is 346 g/mol. The number of carbonyl (C=O) groups is 1. The van der Waals surface area contributed by atoms with Gasteiger partial charge in [0.05, 0.1) is 11.5 Å². The molecule has 1 N–H and O–H groups in total. The van der Waals surface area contributed by atoms with Crippen LogP contribution in [0.15, 0.2) is 52.5 Å². The van der Waals surface area contributed by atoms with Crippen LogP contribution < -0.4 is 14.9 Å². The molecule has 2 aromatic carbocycles.